The van der Waals surface area contributed by atoms with Gasteiger partial charge in [0.15, 0.2) is 0 Å². The van der Waals surface area contributed by atoms with Crippen LogP contribution in [0.3, 0.4) is 0 Å². The lowest BCUT2D eigenvalue weighted by atomic mass is 9.85. The minimum atomic E-state index is 0.469. The lowest BCUT2D eigenvalue weighted by Crippen LogP contribution is -2.36. The molecule has 1 fully saturated rings. The molecule has 0 aromatic heterocycles. The summed E-state index contributed by atoms with van der Waals surface area (Å²) in [6, 6.07) is 0.780. The van der Waals surface area contributed by atoms with Crippen molar-refractivity contribution in [3.63, 3.8) is 0 Å². The second-order valence-corrected chi connectivity index (χ2v) is 6.55. The van der Waals surface area contributed by atoms with Crippen molar-refractivity contribution in [1.29, 1.82) is 0 Å². The topological polar surface area (TPSA) is 24.1 Å². The maximum Gasteiger partial charge on any atom is 0.00642 e. The third-order valence-corrected chi connectivity index (χ3v) is 4.22. The molecule has 102 valence electrons. The first-order valence-electron chi connectivity index (χ1n) is 7.45. The van der Waals surface area contributed by atoms with Gasteiger partial charge >= 0.3 is 0 Å². The Bertz CT molecular complexity index is 193. The highest BCUT2D eigenvalue weighted by molar-refractivity contribution is 4.78. The van der Waals surface area contributed by atoms with E-state index in [0.29, 0.717) is 5.41 Å². The SMILES string of the molecule is CCCC(C)(C)CNCC1CCC(NC)CC1. The monoisotopic (exact) mass is 240 g/mol. The maximum atomic E-state index is 3.69. The molecule has 2 heteroatoms. The third-order valence-electron chi connectivity index (χ3n) is 4.22. The van der Waals surface area contributed by atoms with E-state index in [1.165, 1.54) is 51.6 Å². The Labute approximate surface area is 108 Å². The average Bonchev–Trinajstić information content (AvgIpc) is 2.29. The fourth-order valence-corrected chi connectivity index (χ4v) is 3.04. The van der Waals surface area contributed by atoms with Crippen LogP contribution in [0, 0.1) is 11.3 Å². The van der Waals surface area contributed by atoms with Crippen LogP contribution in [0.1, 0.15) is 59.3 Å². The van der Waals surface area contributed by atoms with E-state index in [-0.39, 0.29) is 0 Å². The van der Waals surface area contributed by atoms with Crippen molar-refractivity contribution < 1.29 is 0 Å². The molecule has 1 aliphatic carbocycles. The largest absolute Gasteiger partial charge is 0.317 e. The van der Waals surface area contributed by atoms with Crippen molar-refractivity contribution in [2.24, 2.45) is 11.3 Å². The van der Waals surface area contributed by atoms with E-state index in [1.807, 2.05) is 0 Å². The Kier molecular flexibility index (Phi) is 6.50. The number of hydrogen-bond acceptors (Lipinski definition) is 2. The van der Waals surface area contributed by atoms with Crippen LogP contribution in [-0.4, -0.2) is 26.2 Å². The van der Waals surface area contributed by atoms with Gasteiger partial charge in [-0.2, -0.15) is 0 Å². The zero-order valence-electron chi connectivity index (χ0n) is 12.3. The molecule has 2 nitrogen and oxygen atoms in total. The molecule has 0 unspecified atom stereocenters. The molecule has 1 rings (SSSR count). The van der Waals surface area contributed by atoms with Gasteiger partial charge in [0, 0.05) is 12.6 Å². The molecule has 0 atom stereocenters. The Morgan fingerprint density at radius 1 is 1.12 bits per heavy atom. The van der Waals surface area contributed by atoms with Crippen molar-refractivity contribution in [3.05, 3.63) is 0 Å². The van der Waals surface area contributed by atoms with Gasteiger partial charge < -0.3 is 10.6 Å². The number of hydrogen-bond donors (Lipinski definition) is 2. The zero-order valence-corrected chi connectivity index (χ0v) is 12.3. The summed E-state index contributed by atoms with van der Waals surface area (Å²) in [5.74, 6) is 0.914. The Morgan fingerprint density at radius 2 is 1.76 bits per heavy atom. The molecule has 1 saturated carbocycles. The van der Waals surface area contributed by atoms with Crippen LogP contribution in [0.15, 0.2) is 0 Å². The fourth-order valence-electron chi connectivity index (χ4n) is 3.04. The van der Waals surface area contributed by atoms with E-state index in [2.05, 4.69) is 38.5 Å². The summed E-state index contributed by atoms with van der Waals surface area (Å²) in [6.07, 6.45) is 8.14. The van der Waals surface area contributed by atoms with Gasteiger partial charge in [0.25, 0.3) is 0 Å². The van der Waals surface area contributed by atoms with Gasteiger partial charge in [-0.05, 0) is 57.0 Å². The molecule has 0 aliphatic heterocycles. The molecule has 0 spiro atoms. The van der Waals surface area contributed by atoms with E-state index in [0.717, 1.165) is 12.0 Å². The number of nitrogens with one attached hydrogen (secondary N) is 2. The Balaban J connectivity index is 2.11. The lowest BCUT2D eigenvalue weighted by molar-refractivity contribution is 0.263. The highest BCUT2D eigenvalue weighted by Gasteiger charge is 2.21. The first kappa shape index (κ1) is 15.0. The van der Waals surface area contributed by atoms with Gasteiger partial charge in [0.05, 0.1) is 0 Å². The molecule has 0 heterocycles. The van der Waals surface area contributed by atoms with Gasteiger partial charge in [-0.25, -0.2) is 0 Å². The van der Waals surface area contributed by atoms with Crippen LogP contribution in [0.25, 0.3) is 0 Å². The summed E-state index contributed by atoms with van der Waals surface area (Å²) >= 11 is 0. The predicted octanol–water partition coefficient (Wildman–Crippen LogP) is 3.18. The minimum absolute atomic E-state index is 0.469. The molecule has 0 aromatic rings. The van der Waals surface area contributed by atoms with Crippen molar-refractivity contribution in [2.45, 2.75) is 65.3 Å². The van der Waals surface area contributed by atoms with Crippen molar-refractivity contribution in [3.8, 4) is 0 Å². The summed E-state index contributed by atoms with van der Waals surface area (Å²) in [6.45, 7) is 9.43. The summed E-state index contributed by atoms with van der Waals surface area (Å²) in [5.41, 5.74) is 0.469. The quantitative estimate of drug-likeness (QED) is 0.714. The van der Waals surface area contributed by atoms with E-state index in [1.54, 1.807) is 0 Å². The van der Waals surface area contributed by atoms with E-state index in [9.17, 15) is 0 Å². The van der Waals surface area contributed by atoms with Gasteiger partial charge in [-0.15, -0.1) is 0 Å². The smallest absolute Gasteiger partial charge is 0.00642 e. The first-order valence-corrected chi connectivity index (χ1v) is 7.45. The van der Waals surface area contributed by atoms with Crippen LogP contribution in [0.4, 0.5) is 0 Å². The molecule has 0 aromatic carbocycles. The van der Waals surface area contributed by atoms with Crippen molar-refractivity contribution >= 4 is 0 Å². The maximum absolute atomic E-state index is 3.69. The third kappa shape index (κ3) is 5.87. The fraction of sp³-hybridized carbons (Fsp3) is 1.00. The van der Waals surface area contributed by atoms with E-state index < -0.39 is 0 Å². The molecule has 17 heavy (non-hydrogen) atoms. The molecule has 0 saturated heterocycles. The van der Waals surface area contributed by atoms with Crippen molar-refractivity contribution in [1.82, 2.24) is 10.6 Å². The van der Waals surface area contributed by atoms with Crippen LogP contribution < -0.4 is 10.6 Å². The van der Waals surface area contributed by atoms with Crippen LogP contribution in [0.2, 0.25) is 0 Å². The molecular formula is C15H32N2. The Morgan fingerprint density at radius 3 is 2.29 bits per heavy atom. The van der Waals surface area contributed by atoms with Gasteiger partial charge in [-0.3, -0.25) is 0 Å². The average molecular weight is 240 g/mol. The summed E-state index contributed by atoms with van der Waals surface area (Å²) in [4.78, 5) is 0. The summed E-state index contributed by atoms with van der Waals surface area (Å²) in [7, 11) is 2.09. The number of rotatable bonds is 7. The molecule has 1 aliphatic rings. The highest BCUT2D eigenvalue weighted by Crippen LogP contribution is 2.24. The lowest BCUT2D eigenvalue weighted by Gasteiger charge is -2.30. The zero-order chi connectivity index (χ0) is 12.7. The molecule has 0 amide bonds. The molecule has 0 bridgehead atoms. The second-order valence-electron chi connectivity index (χ2n) is 6.55. The van der Waals surface area contributed by atoms with E-state index >= 15 is 0 Å². The molecule has 2 N–H and O–H groups in total. The highest BCUT2D eigenvalue weighted by atomic mass is 14.9. The van der Waals surface area contributed by atoms with Gasteiger partial charge in [0.1, 0.15) is 0 Å². The normalized spacial score (nSPS) is 26.1. The predicted molar refractivity (Wildman–Crippen MR) is 76.4 cm³/mol. The van der Waals surface area contributed by atoms with E-state index in [4.69, 9.17) is 0 Å². The first-order chi connectivity index (χ1) is 8.07. The van der Waals surface area contributed by atoms with Gasteiger partial charge in [-0.1, -0.05) is 27.2 Å². The minimum Gasteiger partial charge on any atom is -0.317 e. The molecular weight excluding hydrogens is 208 g/mol. The van der Waals surface area contributed by atoms with Crippen molar-refractivity contribution in [2.75, 3.05) is 20.1 Å². The molecule has 0 radical (unpaired) electrons. The van der Waals surface area contributed by atoms with Crippen LogP contribution >= 0.6 is 0 Å². The van der Waals surface area contributed by atoms with Gasteiger partial charge in [0.2, 0.25) is 0 Å². The van der Waals surface area contributed by atoms with Crippen LogP contribution in [0.5, 0.6) is 0 Å². The standard InChI is InChI=1S/C15H32N2/c1-5-10-15(2,3)12-17-11-13-6-8-14(16-4)9-7-13/h13-14,16-17H,5-12H2,1-4H3. The Hall–Kier alpha value is -0.0800. The summed E-state index contributed by atoms with van der Waals surface area (Å²) in [5, 5.41) is 7.09. The summed E-state index contributed by atoms with van der Waals surface area (Å²) < 4.78 is 0. The van der Waals surface area contributed by atoms with Crippen LogP contribution in [-0.2, 0) is 0 Å². The second kappa shape index (κ2) is 7.38.